The zero-order chi connectivity index (χ0) is 26.6. The molecule has 3 aliphatic rings. The highest BCUT2D eigenvalue weighted by molar-refractivity contribution is 6.51. The van der Waals surface area contributed by atoms with E-state index in [1.807, 2.05) is 24.3 Å². The molecule has 0 aromatic heterocycles. The van der Waals surface area contributed by atoms with Gasteiger partial charge in [-0.15, -0.1) is 0 Å². The van der Waals surface area contributed by atoms with E-state index in [0.29, 0.717) is 30.0 Å². The van der Waals surface area contributed by atoms with E-state index in [1.165, 1.54) is 12.7 Å². The molecule has 5 rings (SSSR count). The van der Waals surface area contributed by atoms with E-state index in [2.05, 4.69) is 24.0 Å². The van der Waals surface area contributed by atoms with Crippen LogP contribution in [-0.2, 0) is 10.2 Å². The number of methoxy groups -OCH3 is 1. The second kappa shape index (κ2) is 8.90. The van der Waals surface area contributed by atoms with E-state index in [4.69, 9.17) is 10.5 Å². The van der Waals surface area contributed by atoms with Crippen LogP contribution in [0, 0.1) is 5.41 Å². The molecule has 0 unspecified atom stereocenters. The molecule has 2 aromatic carbocycles. The van der Waals surface area contributed by atoms with Crippen molar-refractivity contribution in [3.63, 3.8) is 0 Å². The summed E-state index contributed by atoms with van der Waals surface area (Å²) in [6.45, 7) is 1.09. The van der Waals surface area contributed by atoms with Crippen LogP contribution in [0.4, 0.5) is 24.5 Å². The lowest BCUT2D eigenvalue weighted by molar-refractivity contribution is -0.113. The Kier molecular flexibility index (Phi) is 6.09. The molecule has 0 radical (unpaired) electrons. The number of amides is 1. The van der Waals surface area contributed by atoms with Gasteiger partial charge >= 0.3 is 6.18 Å². The molecule has 37 heavy (non-hydrogen) atoms. The molecule has 2 N–H and O–H groups in total. The predicted molar refractivity (Wildman–Crippen MR) is 137 cm³/mol. The number of nitrogens with zero attached hydrogens (tertiary/aromatic N) is 3. The minimum atomic E-state index is -4.76. The standard InChI is InChI=1S/C28H31F3N4O2/c1-34(2)16-26(12-13-26)18-4-8-20(9-5-18)35-17-27(14-15-27)22(24(32)28(29,30)31)23(25(35)36)33-19-6-10-21(37-3)11-7-19/h4-11H,12-17,32H2,1-3H3. The van der Waals surface area contributed by atoms with Crippen LogP contribution < -0.4 is 15.4 Å². The van der Waals surface area contributed by atoms with Gasteiger partial charge in [0.25, 0.3) is 5.91 Å². The van der Waals surface area contributed by atoms with Gasteiger partial charge in [0.05, 0.1) is 12.8 Å². The molecule has 196 valence electrons. The molecule has 3 fully saturated rings. The van der Waals surface area contributed by atoms with Gasteiger partial charge in [0.2, 0.25) is 0 Å². The van der Waals surface area contributed by atoms with Crippen molar-refractivity contribution < 1.29 is 22.7 Å². The van der Waals surface area contributed by atoms with E-state index in [1.54, 1.807) is 29.2 Å². The fourth-order valence-electron chi connectivity index (χ4n) is 5.44. The third-order valence-corrected chi connectivity index (χ3v) is 7.68. The largest absolute Gasteiger partial charge is 0.497 e. The number of anilines is 1. The minimum Gasteiger partial charge on any atom is -0.497 e. The third-order valence-electron chi connectivity index (χ3n) is 7.68. The summed E-state index contributed by atoms with van der Waals surface area (Å²) in [6.07, 6.45) is -1.52. The number of allylic oxidation sites excluding steroid dienone is 1. The summed E-state index contributed by atoms with van der Waals surface area (Å²) in [4.78, 5) is 21.9. The maximum Gasteiger partial charge on any atom is 0.431 e. The van der Waals surface area contributed by atoms with Crippen molar-refractivity contribution in [2.24, 2.45) is 16.1 Å². The van der Waals surface area contributed by atoms with E-state index in [0.717, 1.165) is 19.4 Å². The van der Waals surface area contributed by atoms with Crippen LogP contribution >= 0.6 is 0 Å². The summed E-state index contributed by atoms with van der Waals surface area (Å²) in [5, 5.41) is 0. The van der Waals surface area contributed by atoms with Crippen molar-refractivity contribution in [3.05, 3.63) is 65.4 Å². The maximum atomic E-state index is 13.8. The van der Waals surface area contributed by atoms with Gasteiger partial charge in [-0.2, -0.15) is 13.2 Å². The van der Waals surface area contributed by atoms with E-state index in [9.17, 15) is 18.0 Å². The summed E-state index contributed by atoms with van der Waals surface area (Å²) >= 11 is 0. The number of carbonyl (C=O) groups excluding carboxylic acids is 1. The first-order valence-corrected chi connectivity index (χ1v) is 12.4. The number of rotatable bonds is 6. The van der Waals surface area contributed by atoms with Crippen LogP contribution in [0.3, 0.4) is 0 Å². The molecule has 0 atom stereocenters. The van der Waals surface area contributed by atoms with Gasteiger partial charge in [0.15, 0.2) is 0 Å². The van der Waals surface area contributed by atoms with Crippen molar-refractivity contribution in [1.82, 2.24) is 4.90 Å². The molecule has 1 aliphatic heterocycles. The van der Waals surface area contributed by atoms with Crippen LogP contribution in [0.2, 0.25) is 0 Å². The lowest BCUT2D eigenvalue weighted by atomic mass is 9.84. The molecule has 2 aromatic rings. The lowest BCUT2D eigenvalue weighted by Crippen LogP contribution is -2.50. The second-order valence-electron chi connectivity index (χ2n) is 10.7. The quantitative estimate of drug-likeness (QED) is 0.594. The number of ether oxygens (including phenoxy) is 1. The fourth-order valence-corrected chi connectivity index (χ4v) is 5.44. The first-order chi connectivity index (χ1) is 17.5. The highest BCUT2D eigenvalue weighted by Gasteiger charge is 2.58. The Morgan fingerprint density at radius 2 is 1.68 bits per heavy atom. The number of alkyl halides is 3. The molecule has 1 saturated heterocycles. The molecule has 1 spiro atoms. The van der Waals surface area contributed by atoms with Gasteiger partial charge in [-0.1, -0.05) is 12.1 Å². The van der Waals surface area contributed by atoms with Gasteiger partial charge in [0.1, 0.15) is 17.2 Å². The maximum absolute atomic E-state index is 13.8. The first kappa shape index (κ1) is 25.3. The molecule has 9 heteroatoms. The Hall–Kier alpha value is -3.33. The highest BCUT2D eigenvalue weighted by Crippen LogP contribution is 2.57. The number of nitrogens with two attached hydrogens (primary N) is 1. The first-order valence-electron chi connectivity index (χ1n) is 12.4. The van der Waals surface area contributed by atoms with E-state index < -0.39 is 23.2 Å². The molecule has 1 amide bonds. The van der Waals surface area contributed by atoms with Crippen LogP contribution in [0.5, 0.6) is 5.75 Å². The van der Waals surface area contributed by atoms with Crippen molar-refractivity contribution >= 4 is 23.0 Å². The fraction of sp³-hybridized carbons (Fsp3) is 0.429. The third kappa shape index (κ3) is 4.72. The summed E-state index contributed by atoms with van der Waals surface area (Å²) < 4.78 is 46.7. The summed E-state index contributed by atoms with van der Waals surface area (Å²) in [7, 11) is 5.62. The normalized spacial score (nSPS) is 22.5. The topological polar surface area (TPSA) is 71.2 Å². The van der Waals surface area contributed by atoms with Crippen molar-refractivity contribution in [2.75, 3.05) is 39.2 Å². The molecular formula is C28H31F3N4O2. The van der Waals surface area contributed by atoms with E-state index >= 15 is 0 Å². The Balaban J connectivity index is 1.55. The number of benzene rings is 2. The number of carbonyl (C=O) groups is 1. The number of piperidine rings is 1. The molecule has 2 aliphatic carbocycles. The highest BCUT2D eigenvalue weighted by atomic mass is 19.4. The zero-order valence-electron chi connectivity index (χ0n) is 21.2. The summed E-state index contributed by atoms with van der Waals surface area (Å²) in [5.74, 6) is -0.00899. The SMILES string of the molecule is COc1ccc(N=C2C(=O)N(c3ccc(C4(CN(C)C)CC4)cc3)CC3(CC3)C2=C(N)C(F)(F)F)cc1. The monoisotopic (exact) mass is 512 g/mol. The van der Waals surface area contributed by atoms with Gasteiger partial charge in [-0.3, -0.25) is 4.79 Å². The second-order valence-corrected chi connectivity index (χ2v) is 10.7. The van der Waals surface area contributed by atoms with Gasteiger partial charge in [-0.25, -0.2) is 4.99 Å². The Morgan fingerprint density at radius 1 is 1.05 bits per heavy atom. The minimum absolute atomic E-state index is 0.129. The smallest absolute Gasteiger partial charge is 0.431 e. The molecule has 6 nitrogen and oxygen atoms in total. The number of aliphatic imine (C=N–C) groups is 1. The van der Waals surface area contributed by atoms with Gasteiger partial charge in [-0.05, 0) is 81.7 Å². The number of likely N-dealkylation sites (N-methyl/N-ethyl adjacent to an activating group) is 1. The summed E-state index contributed by atoms with van der Waals surface area (Å²) in [5.41, 5.74) is 5.48. The number of hydrogen-bond donors (Lipinski definition) is 1. The van der Waals surface area contributed by atoms with Crippen LogP contribution in [0.1, 0.15) is 31.2 Å². The zero-order valence-corrected chi connectivity index (χ0v) is 21.2. The average Bonchev–Trinajstić information content (AvgIpc) is 3.79. The van der Waals surface area contributed by atoms with Crippen molar-refractivity contribution in [2.45, 2.75) is 37.3 Å². The summed E-state index contributed by atoms with van der Waals surface area (Å²) in [6, 6.07) is 14.4. The average molecular weight is 513 g/mol. The lowest BCUT2D eigenvalue weighted by Gasteiger charge is -2.37. The molecule has 1 heterocycles. The van der Waals surface area contributed by atoms with Crippen LogP contribution in [0.25, 0.3) is 0 Å². The van der Waals surface area contributed by atoms with Gasteiger partial charge < -0.3 is 20.3 Å². The molecular weight excluding hydrogens is 481 g/mol. The van der Waals surface area contributed by atoms with Crippen molar-refractivity contribution in [3.8, 4) is 5.75 Å². The Labute approximate surface area is 214 Å². The Morgan fingerprint density at radius 3 is 2.16 bits per heavy atom. The van der Waals surface area contributed by atoms with Crippen LogP contribution in [-0.4, -0.2) is 57.0 Å². The number of hydrogen-bond acceptors (Lipinski definition) is 5. The molecule has 2 saturated carbocycles. The van der Waals surface area contributed by atoms with Gasteiger partial charge in [0, 0.05) is 35.2 Å². The number of halogens is 3. The van der Waals surface area contributed by atoms with Crippen molar-refractivity contribution in [1.29, 1.82) is 0 Å². The van der Waals surface area contributed by atoms with E-state index in [-0.39, 0.29) is 23.2 Å². The Bertz CT molecular complexity index is 1260. The predicted octanol–water partition coefficient (Wildman–Crippen LogP) is 4.96. The van der Waals surface area contributed by atoms with Crippen LogP contribution in [0.15, 0.2) is 64.8 Å². The molecule has 0 bridgehead atoms.